The highest BCUT2D eigenvalue weighted by molar-refractivity contribution is 14.1. The number of halogens is 1. The number of hydrogen-bond acceptors (Lipinski definition) is 6. The molecule has 0 atom stereocenters. The molecule has 22 heavy (non-hydrogen) atoms. The van der Waals surface area contributed by atoms with Gasteiger partial charge in [0.1, 0.15) is 9.52 Å². The smallest absolute Gasteiger partial charge is 0.323 e. The summed E-state index contributed by atoms with van der Waals surface area (Å²) >= 11 is 2.15. The lowest BCUT2D eigenvalue weighted by molar-refractivity contribution is -0.168. The molecule has 1 aromatic heterocycles. The van der Waals surface area contributed by atoms with E-state index in [2.05, 4.69) is 27.6 Å². The van der Waals surface area contributed by atoms with Crippen molar-refractivity contribution >= 4 is 40.3 Å². The fraction of sp³-hybridized carbons (Fsp3) is 0.533. The Morgan fingerprint density at radius 1 is 1.14 bits per heavy atom. The third-order valence-electron chi connectivity index (χ3n) is 4.14. The van der Waals surface area contributed by atoms with Crippen molar-refractivity contribution in [1.29, 1.82) is 0 Å². The summed E-state index contributed by atoms with van der Waals surface area (Å²) in [6.45, 7) is 1.96. The SMILES string of the molecule is COC(=O)C1(C(=O)OC)Cc2c(I)nc(N(C)C)c(C)c2C1. The van der Waals surface area contributed by atoms with Crippen molar-refractivity contribution in [3.63, 3.8) is 0 Å². The second kappa shape index (κ2) is 6.02. The van der Waals surface area contributed by atoms with E-state index in [0.717, 1.165) is 26.2 Å². The van der Waals surface area contributed by atoms with Gasteiger partial charge in [0.15, 0.2) is 5.41 Å². The third-order valence-corrected chi connectivity index (χ3v) is 5.03. The third kappa shape index (κ3) is 2.45. The van der Waals surface area contributed by atoms with Gasteiger partial charge in [0.25, 0.3) is 0 Å². The number of hydrogen-bond donors (Lipinski definition) is 0. The van der Waals surface area contributed by atoms with Gasteiger partial charge in [-0.3, -0.25) is 9.59 Å². The van der Waals surface area contributed by atoms with Gasteiger partial charge >= 0.3 is 11.9 Å². The van der Waals surface area contributed by atoms with Gasteiger partial charge in [-0.2, -0.15) is 0 Å². The maximum Gasteiger partial charge on any atom is 0.323 e. The highest BCUT2D eigenvalue weighted by Gasteiger charge is 2.54. The van der Waals surface area contributed by atoms with E-state index in [4.69, 9.17) is 9.47 Å². The van der Waals surface area contributed by atoms with E-state index in [1.807, 2.05) is 25.9 Å². The minimum Gasteiger partial charge on any atom is -0.468 e. The number of pyridine rings is 1. The quantitative estimate of drug-likeness (QED) is 0.321. The predicted molar refractivity (Wildman–Crippen MR) is 89.9 cm³/mol. The van der Waals surface area contributed by atoms with Crippen LogP contribution >= 0.6 is 22.6 Å². The van der Waals surface area contributed by atoms with Crippen molar-refractivity contribution in [2.45, 2.75) is 19.8 Å². The molecule has 1 heterocycles. The highest BCUT2D eigenvalue weighted by Crippen LogP contribution is 2.43. The largest absolute Gasteiger partial charge is 0.468 e. The number of aromatic nitrogens is 1. The van der Waals surface area contributed by atoms with Gasteiger partial charge in [-0.05, 0) is 46.2 Å². The summed E-state index contributed by atoms with van der Waals surface area (Å²) in [5.41, 5.74) is 1.59. The van der Waals surface area contributed by atoms with E-state index in [1.54, 1.807) is 0 Å². The lowest BCUT2D eigenvalue weighted by Crippen LogP contribution is -2.42. The average molecular weight is 418 g/mol. The zero-order valence-corrected chi connectivity index (χ0v) is 15.5. The topological polar surface area (TPSA) is 68.7 Å². The van der Waals surface area contributed by atoms with Crippen molar-refractivity contribution in [3.8, 4) is 0 Å². The molecule has 1 aliphatic rings. The lowest BCUT2D eigenvalue weighted by atomic mass is 9.84. The zero-order chi connectivity index (χ0) is 16.7. The summed E-state index contributed by atoms with van der Waals surface area (Å²) in [6, 6.07) is 0. The molecule has 1 aromatic rings. The first-order valence-corrected chi connectivity index (χ1v) is 7.88. The molecule has 6 nitrogen and oxygen atoms in total. The van der Waals surface area contributed by atoms with E-state index in [-0.39, 0.29) is 12.8 Å². The number of anilines is 1. The number of carbonyl (C=O) groups is 2. The highest BCUT2D eigenvalue weighted by atomic mass is 127. The van der Waals surface area contributed by atoms with Crippen LogP contribution < -0.4 is 4.90 Å². The Bertz CT molecular complexity index is 627. The molecule has 7 heteroatoms. The molecule has 0 saturated heterocycles. The van der Waals surface area contributed by atoms with Gasteiger partial charge in [0.05, 0.1) is 14.2 Å². The second-order valence-corrected chi connectivity index (χ2v) is 6.64. The summed E-state index contributed by atoms with van der Waals surface area (Å²) in [4.78, 5) is 31.1. The fourth-order valence-electron chi connectivity index (χ4n) is 3.01. The van der Waals surface area contributed by atoms with Gasteiger partial charge < -0.3 is 14.4 Å². The van der Waals surface area contributed by atoms with Crippen LogP contribution in [0.3, 0.4) is 0 Å². The van der Waals surface area contributed by atoms with E-state index in [0.29, 0.717) is 0 Å². The molecule has 0 aliphatic heterocycles. The van der Waals surface area contributed by atoms with Crippen LogP contribution in [0.5, 0.6) is 0 Å². The molecule has 120 valence electrons. The lowest BCUT2D eigenvalue weighted by Gasteiger charge is -2.22. The monoisotopic (exact) mass is 418 g/mol. The Labute approximate surface area is 143 Å². The molecule has 0 aromatic carbocycles. The van der Waals surface area contributed by atoms with Crippen molar-refractivity contribution in [2.75, 3.05) is 33.2 Å². The van der Waals surface area contributed by atoms with Crippen molar-refractivity contribution in [1.82, 2.24) is 4.98 Å². The summed E-state index contributed by atoms with van der Waals surface area (Å²) in [6.07, 6.45) is 0.550. The molecule has 0 radical (unpaired) electrons. The van der Waals surface area contributed by atoms with Crippen LogP contribution in [0, 0.1) is 16.0 Å². The van der Waals surface area contributed by atoms with Gasteiger partial charge in [0.2, 0.25) is 0 Å². The predicted octanol–water partition coefficient (Wildman–Crippen LogP) is 1.49. The van der Waals surface area contributed by atoms with Crippen LogP contribution in [0.4, 0.5) is 5.82 Å². The van der Waals surface area contributed by atoms with Gasteiger partial charge in [0, 0.05) is 26.9 Å². The standard InChI is InChI=1S/C15H19IN2O4/c1-8-9-6-15(13(19)21-4,14(20)22-5)7-10(9)11(16)17-12(8)18(2)3/h6-7H2,1-5H3. The number of nitrogens with zero attached hydrogens (tertiary/aromatic N) is 2. The number of esters is 2. The Morgan fingerprint density at radius 2 is 1.64 bits per heavy atom. The Balaban J connectivity index is 2.60. The zero-order valence-electron chi connectivity index (χ0n) is 13.3. The first-order valence-electron chi connectivity index (χ1n) is 6.80. The van der Waals surface area contributed by atoms with E-state index < -0.39 is 17.4 Å². The van der Waals surface area contributed by atoms with Crippen LogP contribution in [-0.4, -0.2) is 45.2 Å². The summed E-state index contributed by atoms with van der Waals surface area (Å²) in [7, 11) is 6.41. The number of carbonyl (C=O) groups excluding carboxylic acids is 2. The number of methoxy groups -OCH3 is 2. The van der Waals surface area contributed by atoms with Crippen molar-refractivity contribution in [2.24, 2.45) is 5.41 Å². The normalized spacial score (nSPS) is 15.2. The van der Waals surface area contributed by atoms with Crippen LogP contribution in [0.25, 0.3) is 0 Å². The first kappa shape index (κ1) is 17.0. The molecule has 0 bridgehead atoms. The Hall–Kier alpha value is -1.38. The van der Waals surface area contributed by atoms with E-state index >= 15 is 0 Å². The molecule has 1 aliphatic carbocycles. The summed E-state index contributed by atoms with van der Waals surface area (Å²) in [5.74, 6) is -0.275. The molecule has 0 saturated carbocycles. The molecule has 0 fully saturated rings. The van der Waals surface area contributed by atoms with E-state index in [9.17, 15) is 9.59 Å². The maximum absolute atomic E-state index is 12.3. The number of fused-ring (bicyclic) bond motifs is 1. The molecule has 0 unspecified atom stereocenters. The van der Waals surface area contributed by atoms with Gasteiger partial charge in [-0.25, -0.2) is 4.98 Å². The molecular formula is C15H19IN2O4. The van der Waals surface area contributed by atoms with Crippen LogP contribution in [0.15, 0.2) is 0 Å². The first-order chi connectivity index (χ1) is 10.3. The van der Waals surface area contributed by atoms with Crippen molar-refractivity contribution < 1.29 is 19.1 Å². The van der Waals surface area contributed by atoms with Crippen LogP contribution in [0.2, 0.25) is 0 Å². The average Bonchev–Trinajstić information content (AvgIpc) is 2.91. The van der Waals surface area contributed by atoms with Gasteiger partial charge in [-0.15, -0.1) is 0 Å². The molecular weight excluding hydrogens is 399 g/mol. The molecule has 0 amide bonds. The van der Waals surface area contributed by atoms with Gasteiger partial charge in [-0.1, -0.05) is 0 Å². The van der Waals surface area contributed by atoms with E-state index in [1.165, 1.54) is 14.2 Å². The molecule has 0 N–H and O–H groups in total. The fourth-order valence-corrected chi connectivity index (χ4v) is 3.76. The number of ether oxygens (including phenoxy) is 2. The summed E-state index contributed by atoms with van der Waals surface area (Å²) in [5, 5.41) is 0. The van der Waals surface area contributed by atoms with Crippen molar-refractivity contribution in [3.05, 3.63) is 20.4 Å². The minimum absolute atomic E-state index is 0.265. The molecule has 0 spiro atoms. The van der Waals surface area contributed by atoms with Crippen LogP contribution in [0.1, 0.15) is 16.7 Å². The Kier molecular flexibility index (Phi) is 4.65. The number of rotatable bonds is 3. The minimum atomic E-state index is -1.30. The second-order valence-electron chi connectivity index (χ2n) is 5.62. The summed E-state index contributed by atoms with van der Waals surface area (Å²) < 4.78 is 10.6. The van der Waals surface area contributed by atoms with Crippen LogP contribution in [-0.2, 0) is 31.9 Å². The molecule has 2 rings (SSSR count). The maximum atomic E-state index is 12.3. The Morgan fingerprint density at radius 3 is 2.09 bits per heavy atom.